The number of methoxy groups -OCH3 is 1. The number of ether oxygens (including phenoxy) is 1. The van der Waals surface area contributed by atoms with Crippen molar-refractivity contribution in [2.45, 2.75) is 6.92 Å². The van der Waals surface area contributed by atoms with E-state index in [1.165, 1.54) is 0 Å². The first-order valence-electron chi connectivity index (χ1n) is 8.21. The van der Waals surface area contributed by atoms with Gasteiger partial charge in [0.05, 0.1) is 19.0 Å². The number of anilines is 5. The molecule has 3 rings (SSSR count). The number of hydrogen-bond acceptors (Lipinski definition) is 7. The fourth-order valence-electron chi connectivity index (χ4n) is 2.45. The van der Waals surface area contributed by atoms with Crippen molar-refractivity contribution < 1.29 is 4.74 Å². The quantitative estimate of drug-likeness (QED) is 0.701. The maximum atomic E-state index is 5.37. The number of nitrogens with zero attached hydrogens (tertiary/aromatic N) is 4. The van der Waals surface area contributed by atoms with E-state index in [1.807, 2.05) is 68.4 Å². The molecule has 1 aromatic heterocycles. The highest BCUT2D eigenvalue weighted by atomic mass is 16.5. The summed E-state index contributed by atoms with van der Waals surface area (Å²) in [5.74, 6) is 1.72. The summed E-state index contributed by atoms with van der Waals surface area (Å²) in [6.45, 7) is 2.01. The van der Waals surface area contributed by atoms with Gasteiger partial charge in [-0.05, 0) is 48.9 Å². The van der Waals surface area contributed by atoms with Gasteiger partial charge in [0.1, 0.15) is 5.75 Å². The van der Waals surface area contributed by atoms with Gasteiger partial charge in [-0.2, -0.15) is 10.1 Å². The minimum absolute atomic E-state index is 0.392. The summed E-state index contributed by atoms with van der Waals surface area (Å²) in [4.78, 5) is 6.51. The van der Waals surface area contributed by atoms with Crippen LogP contribution in [0.4, 0.5) is 28.8 Å². The average molecular weight is 350 g/mol. The van der Waals surface area contributed by atoms with Crippen LogP contribution >= 0.6 is 0 Å². The number of aromatic nitrogens is 3. The first-order valence-corrected chi connectivity index (χ1v) is 8.21. The molecular weight excluding hydrogens is 328 g/mol. The van der Waals surface area contributed by atoms with E-state index >= 15 is 0 Å². The summed E-state index contributed by atoms with van der Waals surface area (Å²) < 4.78 is 5.37. The average Bonchev–Trinajstić information content (AvgIpc) is 2.63. The van der Waals surface area contributed by atoms with Crippen molar-refractivity contribution >= 4 is 28.8 Å². The molecule has 0 amide bonds. The highest BCUT2D eigenvalue weighted by Crippen LogP contribution is 2.27. The molecule has 0 bridgehead atoms. The van der Waals surface area contributed by atoms with E-state index in [0.29, 0.717) is 11.8 Å². The molecule has 0 saturated carbocycles. The molecule has 2 aromatic carbocycles. The van der Waals surface area contributed by atoms with E-state index in [1.54, 1.807) is 13.3 Å². The molecule has 0 aliphatic carbocycles. The minimum atomic E-state index is 0.392. The Morgan fingerprint density at radius 3 is 2.46 bits per heavy atom. The molecule has 0 saturated heterocycles. The summed E-state index contributed by atoms with van der Waals surface area (Å²) in [5, 5.41) is 14.4. The lowest BCUT2D eigenvalue weighted by Gasteiger charge is -2.13. The molecule has 0 fully saturated rings. The molecule has 0 atom stereocenters. The third kappa shape index (κ3) is 4.18. The monoisotopic (exact) mass is 350 g/mol. The third-order valence-corrected chi connectivity index (χ3v) is 3.82. The molecule has 7 heteroatoms. The van der Waals surface area contributed by atoms with Crippen LogP contribution in [0.3, 0.4) is 0 Å². The van der Waals surface area contributed by atoms with Crippen LogP contribution < -0.4 is 20.3 Å². The van der Waals surface area contributed by atoms with E-state index in [9.17, 15) is 0 Å². The largest absolute Gasteiger partial charge is 0.495 e. The normalized spacial score (nSPS) is 10.3. The molecule has 7 nitrogen and oxygen atoms in total. The standard InChI is InChI=1S/C19H22N6O/c1-13-5-10-17(26-4)16(11-13)22-19-23-18(12-20-24-19)21-14-6-8-15(9-7-14)25(2)3/h5-12H,1-4H3,(H2,21,22,23,24). The molecule has 0 radical (unpaired) electrons. The minimum Gasteiger partial charge on any atom is -0.495 e. The third-order valence-electron chi connectivity index (χ3n) is 3.82. The second kappa shape index (κ2) is 7.69. The fourth-order valence-corrected chi connectivity index (χ4v) is 2.45. The van der Waals surface area contributed by atoms with Crippen LogP contribution in [0.5, 0.6) is 5.75 Å². The Balaban J connectivity index is 1.77. The molecule has 134 valence electrons. The molecule has 0 spiro atoms. The lowest BCUT2D eigenvalue weighted by Crippen LogP contribution is -2.08. The molecule has 26 heavy (non-hydrogen) atoms. The molecule has 2 N–H and O–H groups in total. The highest BCUT2D eigenvalue weighted by molar-refractivity contribution is 5.65. The van der Waals surface area contributed by atoms with Crippen molar-refractivity contribution in [3.8, 4) is 5.75 Å². The van der Waals surface area contributed by atoms with Crippen LogP contribution in [0.25, 0.3) is 0 Å². The Morgan fingerprint density at radius 2 is 1.77 bits per heavy atom. The predicted molar refractivity (Wildman–Crippen MR) is 105 cm³/mol. The zero-order valence-corrected chi connectivity index (χ0v) is 15.3. The second-order valence-corrected chi connectivity index (χ2v) is 6.06. The first kappa shape index (κ1) is 17.5. The smallest absolute Gasteiger partial charge is 0.249 e. The highest BCUT2D eigenvalue weighted by Gasteiger charge is 2.07. The van der Waals surface area contributed by atoms with Gasteiger partial charge in [-0.15, -0.1) is 5.10 Å². The lowest BCUT2D eigenvalue weighted by molar-refractivity contribution is 0.416. The Morgan fingerprint density at radius 1 is 1.00 bits per heavy atom. The van der Waals surface area contributed by atoms with E-state index in [4.69, 9.17) is 4.74 Å². The Hall–Kier alpha value is -3.35. The van der Waals surface area contributed by atoms with Crippen LogP contribution in [0.15, 0.2) is 48.7 Å². The summed E-state index contributed by atoms with van der Waals surface area (Å²) >= 11 is 0. The molecular formula is C19H22N6O. The Labute approximate surface area is 153 Å². The number of nitrogens with one attached hydrogen (secondary N) is 2. The van der Waals surface area contributed by atoms with Gasteiger partial charge >= 0.3 is 0 Å². The molecule has 0 aliphatic heterocycles. The van der Waals surface area contributed by atoms with Gasteiger partial charge in [0.25, 0.3) is 0 Å². The van der Waals surface area contributed by atoms with Gasteiger partial charge in [-0.25, -0.2) is 0 Å². The van der Waals surface area contributed by atoms with Gasteiger partial charge in [0, 0.05) is 25.5 Å². The maximum Gasteiger partial charge on any atom is 0.249 e. The number of rotatable bonds is 6. The molecule has 3 aromatic rings. The van der Waals surface area contributed by atoms with Crippen LogP contribution in [0.2, 0.25) is 0 Å². The fraction of sp³-hybridized carbons (Fsp3) is 0.211. The number of aryl methyl sites for hydroxylation is 1. The van der Waals surface area contributed by atoms with Crippen molar-refractivity contribution in [1.82, 2.24) is 15.2 Å². The van der Waals surface area contributed by atoms with Gasteiger partial charge in [-0.1, -0.05) is 6.07 Å². The van der Waals surface area contributed by atoms with Crippen LogP contribution in [0.1, 0.15) is 5.56 Å². The summed E-state index contributed by atoms with van der Waals surface area (Å²) in [7, 11) is 5.65. The molecule has 1 heterocycles. The zero-order chi connectivity index (χ0) is 18.5. The SMILES string of the molecule is COc1ccc(C)cc1Nc1nncc(Nc2ccc(N(C)C)cc2)n1. The van der Waals surface area contributed by atoms with Crippen molar-refractivity contribution in [3.63, 3.8) is 0 Å². The number of hydrogen-bond donors (Lipinski definition) is 2. The summed E-state index contributed by atoms with van der Waals surface area (Å²) in [6, 6.07) is 13.9. The van der Waals surface area contributed by atoms with E-state index in [0.717, 1.165) is 28.4 Å². The van der Waals surface area contributed by atoms with E-state index < -0.39 is 0 Å². The Kier molecular flexibility index (Phi) is 5.17. The van der Waals surface area contributed by atoms with Gasteiger partial charge in [0.15, 0.2) is 5.82 Å². The zero-order valence-electron chi connectivity index (χ0n) is 15.3. The first-order chi connectivity index (χ1) is 12.5. The number of benzene rings is 2. The maximum absolute atomic E-state index is 5.37. The van der Waals surface area contributed by atoms with E-state index in [2.05, 4.69) is 25.8 Å². The van der Waals surface area contributed by atoms with Gasteiger partial charge in [0.2, 0.25) is 5.95 Å². The topological polar surface area (TPSA) is 75.2 Å². The summed E-state index contributed by atoms with van der Waals surface area (Å²) in [6.07, 6.45) is 1.58. The van der Waals surface area contributed by atoms with Crippen molar-refractivity contribution in [3.05, 3.63) is 54.2 Å². The van der Waals surface area contributed by atoms with Crippen molar-refractivity contribution in [1.29, 1.82) is 0 Å². The van der Waals surface area contributed by atoms with Gasteiger partial charge < -0.3 is 20.3 Å². The lowest BCUT2D eigenvalue weighted by atomic mass is 10.2. The summed E-state index contributed by atoms with van der Waals surface area (Å²) in [5.41, 5.74) is 3.96. The van der Waals surface area contributed by atoms with Crippen molar-refractivity contribution in [2.75, 3.05) is 36.7 Å². The molecule has 0 unspecified atom stereocenters. The Bertz CT molecular complexity index is 879. The van der Waals surface area contributed by atoms with Crippen LogP contribution in [-0.4, -0.2) is 36.4 Å². The molecule has 0 aliphatic rings. The van der Waals surface area contributed by atoms with Crippen LogP contribution in [0, 0.1) is 6.92 Å². The predicted octanol–water partition coefficient (Wildman–Crippen LogP) is 3.74. The van der Waals surface area contributed by atoms with Crippen LogP contribution in [-0.2, 0) is 0 Å². The second-order valence-electron chi connectivity index (χ2n) is 6.06. The van der Waals surface area contributed by atoms with Gasteiger partial charge in [-0.3, -0.25) is 0 Å². The van der Waals surface area contributed by atoms with Crippen molar-refractivity contribution in [2.24, 2.45) is 0 Å². The van der Waals surface area contributed by atoms with E-state index in [-0.39, 0.29) is 0 Å².